The number of pyridine rings is 6. The molecular weight excluding hydrogens is 1170 g/mol. The van der Waals surface area contributed by atoms with Gasteiger partial charge in [-0.1, -0.05) is 46.8 Å². The van der Waals surface area contributed by atoms with Crippen molar-refractivity contribution in [3.63, 3.8) is 0 Å². The Hall–Kier alpha value is -6.87. The Morgan fingerprint density at radius 1 is 0.684 bits per heavy atom. The number of nitrogens with zero attached hydrogens (tertiary/aromatic N) is 8. The summed E-state index contributed by atoms with van der Waals surface area (Å²) in [5.74, 6) is -2.30. The minimum absolute atomic E-state index is 0.0235. The van der Waals surface area contributed by atoms with Crippen molar-refractivity contribution in [3.05, 3.63) is 105 Å². The van der Waals surface area contributed by atoms with E-state index in [0.717, 1.165) is 18.9 Å². The average Bonchev–Trinajstić information content (AvgIpc) is 3.82. The van der Waals surface area contributed by atoms with Gasteiger partial charge in [-0.3, -0.25) is 9.59 Å². The number of amides is 2. The number of carbonyl (C=O) groups is 2. The Morgan fingerprint density at radius 2 is 1.22 bits per heavy atom. The van der Waals surface area contributed by atoms with E-state index < -0.39 is 64.9 Å². The van der Waals surface area contributed by atoms with Crippen molar-refractivity contribution in [2.75, 3.05) is 53.7 Å². The molecule has 20 nitrogen and oxygen atoms in total. The molecule has 6 aromatic rings. The lowest BCUT2D eigenvalue weighted by Gasteiger charge is -2.34. The van der Waals surface area contributed by atoms with Crippen LogP contribution < -0.4 is 39.8 Å². The van der Waals surface area contributed by atoms with E-state index in [9.17, 15) is 30.8 Å². The second kappa shape index (κ2) is 23.1. The van der Waals surface area contributed by atoms with Crippen LogP contribution in [0, 0.1) is 39.1 Å². The molecule has 0 aromatic carbocycles. The Balaban J connectivity index is 0.960. The monoisotopic (exact) mass is 1240 g/mol. The van der Waals surface area contributed by atoms with Gasteiger partial charge >= 0.3 is 0 Å². The first-order chi connectivity index (χ1) is 37.1. The van der Waals surface area contributed by atoms with Gasteiger partial charge in [0.05, 0.1) is 41.4 Å². The summed E-state index contributed by atoms with van der Waals surface area (Å²) >= 11 is 1.94. The number of aromatic nitrogens is 6. The van der Waals surface area contributed by atoms with Crippen molar-refractivity contribution in [1.29, 1.82) is 0 Å². The minimum atomic E-state index is -4.56. The summed E-state index contributed by atoms with van der Waals surface area (Å²) in [6.45, 7) is 19.5. The van der Waals surface area contributed by atoms with E-state index in [1.54, 1.807) is 12.1 Å². The molecule has 2 saturated heterocycles. The summed E-state index contributed by atoms with van der Waals surface area (Å²) in [5.41, 5.74) is 5.44. The molecule has 0 spiro atoms. The highest BCUT2D eigenvalue weighted by Crippen LogP contribution is 2.41. The first-order valence-corrected chi connectivity index (χ1v) is 29.6. The van der Waals surface area contributed by atoms with Gasteiger partial charge in [-0.2, -0.15) is 25.6 Å². The molecule has 6 aromatic heterocycles. The van der Waals surface area contributed by atoms with Gasteiger partial charge in [-0.05, 0) is 123 Å². The highest BCUT2D eigenvalue weighted by Gasteiger charge is 2.41. The molecule has 0 bridgehead atoms. The lowest BCUT2D eigenvalue weighted by molar-refractivity contribution is 0.0972. The number of nitrogens with two attached hydrogens (primary N) is 1. The summed E-state index contributed by atoms with van der Waals surface area (Å²) < 4.78 is 101. The van der Waals surface area contributed by atoms with E-state index >= 15 is 4.39 Å². The maximum Gasteiger partial charge on any atom is 0.281 e. The summed E-state index contributed by atoms with van der Waals surface area (Å²) in [4.78, 5) is 57.9. The Kier molecular flexibility index (Phi) is 17.0. The molecule has 8 heterocycles. The molecule has 3 atom stereocenters. The zero-order chi connectivity index (χ0) is 57.4. The van der Waals surface area contributed by atoms with Crippen LogP contribution in [0.3, 0.4) is 0 Å². The molecule has 0 radical (unpaired) electrons. The first kappa shape index (κ1) is 58.3. The summed E-state index contributed by atoms with van der Waals surface area (Å²) in [7, 11) is -9.01. The maximum absolute atomic E-state index is 15.4. The molecule has 1 unspecified atom stereocenters. The highest BCUT2D eigenvalue weighted by molar-refractivity contribution is 14.1. The van der Waals surface area contributed by atoms with Crippen molar-refractivity contribution in [2.45, 2.75) is 96.3 Å². The number of nitrogens with one attached hydrogen (secondary N) is 3. The molecule has 2 amide bonds. The molecular formula is C54H63F2IN12O8S2. The zero-order valence-corrected chi connectivity index (χ0v) is 48.9. The third-order valence-electron chi connectivity index (χ3n) is 13.2. The van der Waals surface area contributed by atoms with Crippen LogP contribution >= 0.6 is 22.6 Å². The van der Waals surface area contributed by atoms with Crippen molar-refractivity contribution < 1.29 is 44.7 Å². The van der Waals surface area contributed by atoms with Crippen LogP contribution in [-0.4, -0.2) is 102 Å². The Labute approximate surface area is 472 Å². The number of rotatable bonds is 19. The largest absolute Gasteiger partial charge is 0.493 e. The molecule has 0 saturated carbocycles. The molecule has 2 fully saturated rings. The van der Waals surface area contributed by atoms with Gasteiger partial charge < -0.3 is 30.3 Å². The maximum atomic E-state index is 15.4. The predicted molar refractivity (Wildman–Crippen MR) is 304 cm³/mol. The summed E-state index contributed by atoms with van der Waals surface area (Å²) in [6, 6.07) is 18.1. The van der Waals surface area contributed by atoms with Crippen molar-refractivity contribution >= 4 is 77.7 Å². The number of anilines is 4. The van der Waals surface area contributed by atoms with Gasteiger partial charge in [0.1, 0.15) is 40.5 Å². The quantitative estimate of drug-likeness (QED) is 0.0437. The summed E-state index contributed by atoms with van der Waals surface area (Å²) in [5, 5.41) is 2.24. The summed E-state index contributed by atoms with van der Waals surface area (Å²) in [6.07, 6.45) is 1.51. The van der Waals surface area contributed by atoms with Gasteiger partial charge in [-0.25, -0.2) is 39.3 Å². The molecule has 8 rings (SSSR count). The van der Waals surface area contributed by atoms with E-state index in [4.69, 9.17) is 25.2 Å². The second-order valence-corrected chi connectivity index (χ2v) is 26.3. The fraction of sp³-hybridized carbons (Fsp3) is 0.407. The molecule has 420 valence electrons. The van der Waals surface area contributed by atoms with Crippen LogP contribution in [0.25, 0.3) is 22.8 Å². The van der Waals surface area contributed by atoms with E-state index in [1.807, 2.05) is 80.9 Å². The molecule has 5 N–H and O–H groups in total. The smallest absolute Gasteiger partial charge is 0.281 e. The lowest BCUT2D eigenvalue weighted by Crippen LogP contribution is -2.41. The zero-order valence-electron chi connectivity index (χ0n) is 45.1. The molecule has 2 aliphatic heterocycles. The fourth-order valence-corrected chi connectivity index (χ4v) is 12.4. The van der Waals surface area contributed by atoms with Crippen LogP contribution in [0.4, 0.5) is 32.1 Å². The van der Waals surface area contributed by atoms with E-state index in [-0.39, 0.29) is 105 Å². The van der Waals surface area contributed by atoms with Crippen molar-refractivity contribution in [2.24, 2.45) is 23.7 Å². The van der Waals surface area contributed by atoms with Crippen LogP contribution in [0.15, 0.2) is 88.9 Å². The minimum Gasteiger partial charge on any atom is -0.493 e. The normalized spacial score (nSPS) is 17.4. The molecule has 0 aliphatic carbocycles. The van der Waals surface area contributed by atoms with E-state index in [2.05, 4.69) is 48.5 Å². The second-order valence-electron chi connectivity index (χ2n) is 21.9. The van der Waals surface area contributed by atoms with Crippen LogP contribution in [0.1, 0.15) is 95.9 Å². The Morgan fingerprint density at radius 3 is 1.78 bits per heavy atom. The SMILES string of the molecule is CC(C)COc1cc(F)nc(-c2ccc(C(=O)NS(=O)(=O)c3cccc(NCC(C)COc4cc(F)nc(-c5nc(N6C[C@@H](C)CC6(C)C)c(C(=O)NS(=O)(=O)c6cccc(N)n6)cc5I)c4)n3)c(N3C[C@@H](C)CC3(C)C)n2)c1. The molecule has 2 aliphatic rings. The van der Waals surface area contributed by atoms with E-state index in [0.29, 0.717) is 23.3 Å². The number of sulfonamides is 2. The van der Waals surface area contributed by atoms with Crippen molar-refractivity contribution in [3.8, 4) is 34.3 Å². The topological polar surface area (TPSA) is 267 Å². The predicted octanol–water partition coefficient (Wildman–Crippen LogP) is 8.50. The number of nitrogen functional groups attached to an aromatic ring is 1. The number of hydrogen-bond acceptors (Lipinski definition) is 18. The third-order valence-corrected chi connectivity index (χ3v) is 16.5. The fourth-order valence-electron chi connectivity index (χ4n) is 9.83. The molecule has 25 heteroatoms. The number of ether oxygens (including phenoxy) is 2. The van der Waals surface area contributed by atoms with Crippen LogP contribution in [-0.2, 0) is 20.0 Å². The van der Waals surface area contributed by atoms with E-state index in [1.165, 1.54) is 60.7 Å². The Bertz CT molecular complexity index is 3540. The number of hydrogen-bond donors (Lipinski definition) is 4. The lowest BCUT2D eigenvalue weighted by atomic mass is 9.97. The van der Waals surface area contributed by atoms with Gasteiger partial charge in [0, 0.05) is 64.5 Å². The average molecular weight is 1240 g/mol. The van der Waals surface area contributed by atoms with Gasteiger partial charge in [0.2, 0.25) is 11.9 Å². The third kappa shape index (κ3) is 13.8. The van der Waals surface area contributed by atoms with Crippen LogP contribution in [0.5, 0.6) is 11.5 Å². The van der Waals surface area contributed by atoms with Crippen molar-refractivity contribution in [1.82, 2.24) is 39.3 Å². The number of halogens is 3. The number of carbonyl (C=O) groups excluding carboxylic acids is 2. The highest BCUT2D eigenvalue weighted by atomic mass is 127. The van der Waals surface area contributed by atoms with Gasteiger partial charge in [0.25, 0.3) is 31.9 Å². The molecule has 79 heavy (non-hydrogen) atoms. The first-order valence-electron chi connectivity index (χ1n) is 25.5. The van der Waals surface area contributed by atoms with Gasteiger partial charge in [0.15, 0.2) is 10.1 Å². The van der Waals surface area contributed by atoms with Crippen LogP contribution in [0.2, 0.25) is 0 Å². The standard InChI is InChI=1S/C54H63F2IN12O8S2/c1-30(2)28-76-34-18-40(60-42(55)20-34)39-17-16-36(49(62-39)68-26-31(3)23-53(68,6)7)51(70)66-79(74,75)47-15-11-13-45(64-47)59-25-33(5)29-77-35-19-41(61-43(56)21-35)48-38(57)22-37(50(65-48)69-27-32(4)24-54(69,8)9)52(71)67-78(72,73)46-14-10-12-44(58)63-46/h10-22,30-33H,23-29H2,1-9H3,(H2,58,63)(H,59,64)(H,66,70)(H,67,71)/t31-,32-,33?/m0/s1. The van der Waals surface area contributed by atoms with Gasteiger partial charge in [-0.15, -0.1) is 0 Å².